The molecule has 0 saturated carbocycles. The molecule has 4 rings (SSSR count). The summed E-state index contributed by atoms with van der Waals surface area (Å²) in [6, 6.07) is 20.8. The van der Waals surface area contributed by atoms with Crippen LogP contribution in [-0.2, 0) is 21.2 Å². The highest BCUT2D eigenvalue weighted by atomic mass is 32.2. The Bertz CT molecular complexity index is 1210. The Balaban J connectivity index is 1.62. The fourth-order valence-electron chi connectivity index (χ4n) is 3.92. The van der Waals surface area contributed by atoms with Crippen LogP contribution in [0, 0.1) is 6.92 Å². The van der Waals surface area contributed by atoms with Crippen molar-refractivity contribution >= 4 is 21.6 Å². The summed E-state index contributed by atoms with van der Waals surface area (Å²) in [5.41, 5.74) is 3.69. The Labute approximate surface area is 188 Å². The molecule has 6 nitrogen and oxygen atoms in total. The molecule has 3 aromatic carbocycles. The summed E-state index contributed by atoms with van der Waals surface area (Å²) < 4.78 is 34.1. The van der Waals surface area contributed by atoms with Crippen molar-refractivity contribution in [2.24, 2.45) is 0 Å². The predicted molar refractivity (Wildman–Crippen MR) is 124 cm³/mol. The first-order chi connectivity index (χ1) is 15.4. The van der Waals surface area contributed by atoms with Gasteiger partial charge in [0, 0.05) is 18.7 Å². The number of methoxy groups -OCH3 is 1. The Morgan fingerprint density at radius 3 is 2.41 bits per heavy atom. The lowest BCUT2D eigenvalue weighted by atomic mass is 10.0. The van der Waals surface area contributed by atoms with Crippen LogP contribution in [0.25, 0.3) is 0 Å². The minimum Gasteiger partial charge on any atom is -0.497 e. The summed E-state index contributed by atoms with van der Waals surface area (Å²) >= 11 is 0. The zero-order valence-electron chi connectivity index (χ0n) is 18.1. The van der Waals surface area contributed by atoms with Gasteiger partial charge in [0.1, 0.15) is 5.75 Å². The van der Waals surface area contributed by atoms with Crippen LogP contribution in [0.1, 0.15) is 29.2 Å². The zero-order valence-corrected chi connectivity index (χ0v) is 18.9. The molecule has 32 heavy (non-hydrogen) atoms. The van der Waals surface area contributed by atoms with E-state index in [-0.39, 0.29) is 17.2 Å². The van der Waals surface area contributed by atoms with E-state index in [9.17, 15) is 13.2 Å². The summed E-state index contributed by atoms with van der Waals surface area (Å²) in [6.45, 7) is 2.49. The normalized spacial score (nSPS) is 14.1. The number of aryl methyl sites for hydroxylation is 1. The molecule has 1 N–H and O–H groups in total. The van der Waals surface area contributed by atoms with E-state index in [0.717, 1.165) is 23.2 Å². The molecule has 0 aliphatic carbocycles. The first-order valence-electron chi connectivity index (χ1n) is 10.5. The molecule has 0 fully saturated rings. The summed E-state index contributed by atoms with van der Waals surface area (Å²) in [7, 11) is -2.25. The number of para-hydroxylation sites is 1. The molecule has 1 aliphatic heterocycles. The molecule has 0 radical (unpaired) electrons. The van der Waals surface area contributed by atoms with Gasteiger partial charge in [0.2, 0.25) is 15.9 Å². The topological polar surface area (TPSA) is 75.7 Å². The second-order valence-electron chi connectivity index (χ2n) is 7.89. The van der Waals surface area contributed by atoms with Crippen molar-refractivity contribution in [1.29, 1.82) is 0 Å². The fourth-order valence-corrected chi connectivity index (χ4v) is 5.14. The molecule has 0 aromatic heterocycles. The first kappa shape index (κ1) is 22.0. The van der Waals surface area contributed by atoms with Gasteiger partial charge in [-0.2, -0.15) is 0 Å². The molecule has 1 heterocycles. The average Bonchev–Trinajstić information content (AvgIpc) is 3.23. The van der Waals surface area contributed by atoms with Crippen molar-refractivity contribution in [1.82, 2.24) is 4.72 Å². The third-order valence-corrected chi connectivity index (χ3v) is 7.20. The maximum atomic E-state index is 13.2. The van der Waals surface area contributed by atoms with Crippen LogP contribution in [0.4, 0.5) is 5.69 Å². The van der Waals surface area contributed by atoms with E-state index in [1.807, 2.05) is 31.2 Å². The largest absolute Gasteiger partial charge is 0.497 e. The molecular formula is C25H26N2O4S. The van der Waals surface area contributed by atoms with Crippen molar-refractivity contribution in [2.45, 2.75) is 30.7 Å². The molecule has 166 valence electrons. The maximum absolute atomic E-state index is 13.2. The number of benzene rings is 3. The minimum absolute atomic E-state index is 0.00571. The Morgan fingerprint density at radius 1 is 1.03 bits per heavy atom. The van der Waals surface area contributed by atoms with Gasteiger partial charge in [-0.15, -0.1) is 0 Å². The summed E-state index contributed by atoms with van der Waals surface area (Å²) in [5.74, 6) is 0.538. The Hall–Kier alpha value is -3.16. The SMILES string of the molecule is COc1ccc([C@@H](CC(=O)N2CCc3ccccc32)NS(=O)(=O)c2ccc(C)cc2)cc1. The number of carbonyl (C=O) groups excluding carboxylic acids is 1. The smallest absolute Gasteiger partial charge is 0.241 e. The molecule has 0 saturated heterocycles. The number of carbonyl (C=O) groups is 1. The number of nitrogens with zero attached hydrogens (tertiary/aromatic N) is 1. The number of fused-ring (bicyclic) bond motifs is 1. The highest BCUT2D eigenvalue weighted by Crippen LogP contribution is 2.30. The van der Waals surface area contributed by atoms with E-state index in [1.54, 1.807) is 60.5 Å². The van der Waals surface area contributed by atoms with Gasteiger partial charge in [-0.1, -0.05) is 48.0 Å². The number of amides is 1. The van der Waals surface area contributed by atoms with Gasteiger partial charge >= 0.3 is 0 Å². The summed E-state index contributed by atoms with van der Waals surface area (Å²) in [5, 5.41) is 0. The maximum Gasteiger partial charge on any atom is 0.241 e. The standard InChI is InChI=1S/C25H26N2O4S/c1-18-7-13-22(14-8-18)32(29,30)26-23(19-9-11-21(31-2)12-10-19)17-25(28)27-16-15-20-5-3-4-6-24(20)27/h3-14,23,26H,15-17H2,1-2H3/t23-/m1/s1. The van der Waals surface area contributed by atoms with Crippen LogP contribution in [-0.4, -0.2) is 28.0 Å². The average molecular weight is 451 g/mol. The molecule has 1 amide bonds. The molecule has 0 unspecified atom stereocenters. The molecule has 1 atom stereocenters. The van der Waals surface area contributed by atoms with Crippen LogP contribution in [0.3, 0.4) is 0 Å². The molecule has 1 aliphatic rings. The van der Waals surface area contributed by atoms with Crippen molar-refractivity contribution in [3.63, 3.8) is 0 Å². The van der Waals surface area contributed by atoms with Gasteiger partial charge in [-0.25, -0.2) is 13.1 Å². The van der Waals surface area contributed by atoms with Crippen molar-refractivity contribution in [2.75, 3.05) is 18.6 Å². The summed E-state index contributed by atoms with van der Waals surface area (Å²) in [6.07, 6.45) is 0.802. The van der Waals surface area contributed by atoms with E-state index in [1.165, 1.54) is 0 Å². The van der Waals surface area contributed by atoms with Gasteiger partial charge in [-0.05, 0) is 54.8 Å². The molecule has 3 aromatic rings. The number of rotatable bonds is 7. The van der Waals surface area contributed by atoms with E-state index in [2.05, 4.69) is 4.72 Å². The highest BCUT2D eigenvalue weighted by molar-refractivity contribution is 7.89. The van der Waals surface area contributed by atoms with Crippen LogP contribution in [0.5, 0.6) is 5.75 Å². The Morgan fingerprint density at radius 2 is 1.72 bits per heavy atom. The fraction of sp³-hybridized carbons (Fsp3) is 0.240. The second-order valence-corrected chi connectivity index (χ2v) is 9.60. The quantitative estimate of drug-likeness (QED) is 0.590. The molecule has 0 bridgehead atoms. The van der Waals surface area contributed by atoms with Gasteiger partial charge in [0.15, 0.2) is 0 Å². The third kappa shape index (κ3) is 4.69. The lowest BCUT2D eigenvalue weighted by Crippen LogP contribution is -2.35. The van der Waals surface area contributed by atoms with Crippen molar-refractivity contribution in [3.05, 3.63) is 89.5 Å². The number of ether oxygens (including phenoxy) is 1. The number of nitrogens with one attached hydrogen (secondary N) is 1. The van der Waals surface area contributed by atoms with E-state index in [4.69, 9.17) is 4.74 Å². The zero-order chi connectivity index (χ0) is 22.7. The number of hydrogen-bond donors (Lipinski definition) is 1. The van der Waals surface area contributed by atoms with E-state index >= 15 is 0 Å². The van der Waals surface area contributed by atoms with Crippen LogP contribution in [0.2, 0.25) is 0 Å². The van der Waals surface area contributed by atoms with Crippen LogP contribution in [0.15, 0.2) is 77.7 Å². The lowest BCUT2D eigenvalue weighted by molar-refractivity contribution is -0.118. The first-order valence-corrected chi connectivity index (χ1v) is 12.0. The van der Waals surface area contributed by atoms with Gasteiger partial charge < -0.3 is 9.64 Å². The van der Waals surface area contributed by atoms with Gasteiger partial charge in [0.05, 0.1) is 18.0 Å². The van der Waals surface area contributed by atoms with Crippen LogP contribution < -0.4 is 14.4 Å². The number of sulfonamides is 1. The van der Waals surface area contributed by atoms with Gasteiger partial charge in [-0.3, -0.25) is 4.79 Å². The number of hydrogen-bond acceptors (Lipinski definition) is 4. The van der Waals surface area contributed by atoms with E-state index < -0.39 is 16.1 Å². The monoisotopic (exact) mass is 450 g/mol. The lowest BCUT2D eigenvalue weighted by Gasteiger charge is -2.23. The number of anilines is 1. The van der Waals surface area contributed by atoms with Gasteiger partial charge in [0.25, 0.3) is 0 Å². The van der Waals surface area contributed by atoms with E-state index in [0.29, 0.717) is 17.9 Å². The predicted octanol–water partition coefficient (Wildman–Crippen LogP) is 4.00. The van der Waals surface area contributed by atoms with Crippen LogP contribution >= 0.6 is 0 Å². The molecule has 7 heteroatoms. The molecular weight excluding hydrogens is 424 g/mol. The third-order valence-electron chi connectivity index (χ3n) is 5.71. The second kappa shape index (κ2) is 9.14. The Kier molecular flexibility index (Phi) is 6.30. The highest BCUT2D eigenvalue weighted by Gasteiger charge is 2.29. The van der Waals surface area contributed by atoms with Crippen molar-refractivity contribution < 1.29 is 17.9 Å². The van der Waals surface area contributed by atoms with Crippen molar-refractivity contribution in [3.8, 4) is 5.75 Å². The summed E-state index contributed by atoms with van der Waals surface area (Å²) in [4.78, 5) is 15.2. The molecule has 0 spiro atoms. The minimum atomic E-state index is -3.82.